The SMILES string of the molecule is COC(=O)COc1cc(C(F)(F)F)n(C)n1. The number of aryl methyl sites for hydroxylation is 1. The molecule has 0 radical (unpaired) electrons. The lowest BCUT2D eigenvalue weighted by Gasteiger charge is -2.04. The Morgan fingerprint density at radius 1 is 1.56 bits per heavy atom. The first kappa shape index (κ1) is 12.3. The monoisotopic (exact) mass is 238 g/mol. The summed E-state index contributed by atoms with van der Waals surface area (Å²) in [5, 5.41) is 3.45. The van der Waals surface area contributed by atoms with Gasteiger partial charge in [0, 0.05) is 13.1 Å². The molecule has 0 spiro atoms. The van der Waals surface area contributed by atoms with Crippen LogP contribution in [0.4, 0.5) is 13.2 Å². The molecule has 0 saturated heterocycles. The molecule has 0 fully saturated rings. The van der Waals surface area contributed by atoms with Gasteiger partial charge in [0.2, 0.25) is 5.88 Å². The largest absolute Gasteiger partial charge is 0.466 e. The highest BCUT2D eigenvalue weighted by Gasteiger charge is 2.35. The summed E-state index contributed by atoms with van der Waals surface area (Å²) in [5.74, 6) is -0.973. The summed E-state index contributed by atoms with van der Waals surface area (Å²) >= 11 is 0. The summed E-state index contributed by atoms with van der Waals surface area (Å²) in [6.07, 6.45) is -4.51. The van der Waals surface area contributed by atoms with E-state index in [0.29, 0.717) is 10.7 Å². The maximum atomic E-state index is 12.3. The predicted molar refractivity (Wildman–Crippen MR) is 45.7 cm³/mol. The zero-order valence-corrected chi connectivity index (χ0v) is 8.54. The quantitative estimate of drug-likeness (QED) is 0.737. The third-order valence-electron chi connectivity index (χ3n) is 1.71. The van der Waals surface area contributed by atoms with Crippen molar-refractivity contribution in [2.75, 3.05) is 13.7 Å². The molecule has 0 aliphatic rings. The second-order valence-electron chi connectivity index (χ2n) is 2.85. The Kier molecular flexibility index (Phi) is 3.41. The second-order valence-corrected chi connectivity index (χ2v) is 2.85. The lowest BCUT2D eigenvalue weighted by Crippen LogP contribution is -2.12. The molecule has 1 aromatic heterocycles. The van der Waals surface area contributed by atoms with Crippen LogP contribution >= 0.6 is 0 Å². The van der Waals surface area contributed by atoms with Crippen molar-refractivity contribution in [3.05, 3.63) is 11.8 Å². The van der Waals surface area contributed by atoms with Gasteiger partial charge in [-0.1, -0.05) is 0 Å². The average Bonchev–Trinajstić information content (AvgIpc) is 2.55. The van der Waals surface area contributed by atoms with Crippen LogP contribution in [0.2, 0.25) is 0 Å². The summed E-state index contributed by atoms with van der Waals surface area (Å²) in [5.41, 5.74) is -0.952. The number of carbonyl (C=O) groups is 1. The van der Waals surface area contributed by atoms with Crippen molar-refractivity contribution in [2.24, 2.45) is 7.05 Å². The van der Waals surface area contributed by atoms with Crippen LogP contribution in [0, 0.1) is 0 Å². The Hall–Kier alpha value is -1.73. The van der Waals surface area contributed by atoms with Crippen LogP contribution in [0.25, 0.3) is 0 Å². The number of hydrogen-bond donors (Lipinski definition) is 0. The van der Waals surface area contributed by atoms with E-state index < -0.39 is 24.4 Å². The van der Waals surface area contributed by atoms with Crippen LogP contribution in [-0.2, 0) is 22.8 Å². The fourth-order valence-electron chi connectivity index (χ4n) is 0.969. The number of alkyl halides is 3. The summed E-state index contributed by atoms with van der Waals surface area (Å²) < 4.78 is 46.6. The number of carbonyl (C=O) groups excluding carboxylic acids is 1. The highest BCUT2D eigenvalue weighted by atomic mass is 19.4. The molecule has 0 aromatic carbocycles. The molecule has 8 heteroatoms. The predicted octanol–water partition coefficient (Wildman–Crippen LogP) is 0.991. The van der Waals surface area contributed by atoms with E-state index in [4.69, 9.17) is 4.74 Å². The van der Waals surface area contributed by atoms with E-state index in [1.807, 2.05) is 0 Å². The molecule has 90 valence electrons. The van der Waals surface area contributed by atoms with E-state index in [9.17, 15) is 18.0 Å². The van der Waals surface area contributed by atoms with Crippen LogP contribution in [-0.4, -0.2) is 29.5 Å². The molecular weight excluding hydrogens is 229 g/mol. The van der Waals surface area contributed by atoms with Gasteiger partial charge in [-0.2, -0.15) is 13.2 Å². The van der Waals surface area contributed by atoms with Gasteiger partial charge >= 0.3 is 12.1 Å². The molecule has 0 unspecified atom stereocenters. The smallest absolute Gasteiger partial charge is 0.433 e. The molecule has 0 aliphatic heterocycles. The molecule has 0 bridgehead atoms. The van der Waals surface area contributed by atoms with E-state index in [1.54, 1.807) is 0 Å². The van der Waals surface area contributed by atoms with Gasteiger partial charge in [-0.3, -0.25) is 4.68 Å². The van der Waals surface area contributed by atoms with Crippen LogP contribution in [0.3, 0.4) is 0 Å². The highest BCUT2D eigenvalue weighted by molar-refractivity contribution is 5.70. The van der Waals surface area contributed by atoms with Gasteiger partial charge in [0.05, 0.1) is 7.11 Å². The minimum absolute atomic E-state index is 0.278. The molecule has 16 heavy (non-hydrogen) atoms. The van der Waals surface area contributed by atoms with Crippen LogP contribution < -0.4 is 4.74 Å². The van der Waals surface area contributed by atoms with Gasteiger partial charge in [-0.15, -0.1) is 5.10 Å². The van der Waals surface area contributed by atoms with E-state index in [2.05, 4.69) is 9.84 Å². The summed E-state index contributed by atoms with van der Waals surface area (Å²) in [4.78, 5) is 10.7. The Morgan fingerprint density at radius 2 is 2.19 bits per heavy atom. The van der Waals surface area contributed by atoms with Gasteiger partial charge in [-0.25, -0.2) is 4.79 Å². The molecule has 0 aliphatic carbocycles. The van der Waals surface area contributed by atoms with Gasteiger partial charge in [0.25, 0.3) is 0 Å². The third-order valence-corrected chi connectivity index (χ3v) is 1.71. The number of esters is 1. The lowest BCUT2D eigenvalue weighted by molar-refractivity contribution is -0.144. The standard InChI is InChI=1S/C8H9F3N2O3/c1-13-5(8(9,10)11)3-6(12-13)16-4-7(14)15-2/h3H,4H2,1-2H3. The van der Waals surface area contributed by atoms with E-state index in [-0.39, 0.29) is 5.88 Å². The van der Waals surface area contributed by atoms with Gasteiger partial charge < -0.3 is 9.47 Å². The van der Waals surface area contributed by atoms with E-state index >= 15 is 0 Å². The summed E-state index contributed by atoms with van der Waals surface area (Å²) in [6, 6.07) is 0.711. The first-order chi connectivity index (χ1) is 7.34. The first-order valence-electron chi connectivity index (χ1n) is 4.15. The summed E-state index contributed by atoms with van der Waals surface area (Å²) in [6.45, 7) is -0.481. The van der Waals surface area contributed by atoms with Crippen molar-refractivity contribution in [1.82, 2.24) is 9.78 Å². The number of rotatable bonds is 3. The Bertz CT molecular complexity index is 386. The number of hydrogen-bond acceptors (Lipinski definition) is 4. The van der Waals surface area contributed by atoms with E-state index in [1.165, 1.54) is 0 Å². The third kappa shape index (κ3) is 2.88. The number of aromatic nitrogens is 2. The zero-order valence-electron chi connectivity index (χ0n) is 8.54. The average molecular weight is 238 g/mol. The summed E-state index contributed by atoms with van der Waals surface area (Å²) in [7, 11) is 2.28. The number of halogens is 3. The molecular formula is C8H9F3N2O3. The molecule has 0 amide bonds. The van der Waals surface area contributed by atoms with Crippen molar-refractivity contribution in [1.29, 1.82) is 0 Å². The molecule has 1 heterocycles. The number of ether oxygens (including phenoxy) is 2. The van der Waals surface area contributed by atoms with Crippen molar-refractivity contribution >= 4 is 5.97 Å². The fourth-order valence-corrected chi connectivity index (χ4v) is 0.969. The highest BCUT2D eigenvalue weighted by Crippen LogP contribution is 2.30. The van der Waals surface area contributed by atoms with Crippen molar-refractivity contribution in [3.63, 3.8) is 0 Å². The van der Waals surface area contributed by atoms with Crippen LogP contribution in [0.5, 0.6) is 5.88 Å². The molecule has 0 saturated carbocycles. The lowest BCUT2D eigenvalue weighted by atomic mass is 10.4. The molecule has 1 rings (SSSR count). The topological polar surface area (TPSA) is 53.4 Å². The van der Waals surface area contributed by atoms with Crippen molar-refractivity contribution in [2.45, 2.75) is 6.18 Å². The molecule has 0 N–H and O–H groups in total. The maximum Gasteiger partial charge on any atom is 0.433 e. The molecule has 1 aromatic rings. The number of nitrogens with zero attached hydrogens (tertiary/aromatic N) is 2. The Labute approximate surface area is 88.7 Å². The fraction of sp³-hybridized carbons (Fsp3) is 0.500. The van der Waals surface area contributed by atoms with Crippen LogP contribution in [0.1, 0.15) is 5.69 Å². The molecule has 0 atom stereocenters. The van der Waals surface area contributed by atoms with Crippen molar-refractivity contribution < 1.29 is 27.4 Å². The van der Waals surface area contributed by atoms with E-state index in [0.717, 1.165) is 14.2 Å². The zero-order chi connectivity index (χ0) is 12.3. The molecule has 5 nitrogen and oxygen atoms in total. The normalized spacial score (nSPS) is 11.3. The Balaban J connectivity index is 2.74. The minimum atomic E-state index is -4.51. The van der Waals surface area contributed by atoms with Gasteiger partial charge in [0.1, 0.15) is 5.69 Å². The van der Waals surface area contributed by atoms with Gasteiger partial charge in [0.15, 0.2) is 6.61 Å². The van der Waals surface area contributed by atoms with Crippen molar-refractivity contribution in [3.8, 4) is 5.88 Å². The van der Waals surface area contributed by atoms with Crippen LogP contribution in [0.15, 0.2) is 6.07 Å². The second kappa shape index (κ2) is 4.42. The van der Waals surface area contributed by atoms with Gasteiger partial charge in [-0.05, 0) is 0 Å². The first-order valence-corrected chi connectivity index (χ1v) is 4.15. The minimum Gasteiger partial charge on any atom is -0.466 e. The maximum absolute atomic E-state index is 12.3. The number of methoxy groups -OCH3 is 1. The Morgan fingerprint density at radius 3 is 2.62 bits per heavy atom.